The topological polar surface area (TPSA) is 30.9 Å². The molecule has 0 radical (unpaired) electrons. The molecule has 3 heteroatoms. The Morgan fingerprint density at radius 2 is 2.12 bits per heavy atom. The molecule has 0 aliphatic carbocycles. The van der Waals surface area contributed by atoms with Gasteiger partial charge < -0.3 is 10.3 Å². The molecule has 0 bridgehead atoms. The summed E-state index contributed by atoms with van der Waals surface area (Å²) in [5, 5.41) is 1.98. The van der Waals surface area contributed by atoms with Gasteiger partial charge in [0.25, 0.3) is 0 Å². The van der Waals surface area contributed by atoms with E-state index in [1.165, 1.54) is 11.1 Å². The second kappa shape index (κ2) is 4.89. The number of hydrogen-bond donors (Lipinski definition) is 1. The lowest BCUT2D eigenvalue weighted by Crippen LogP contribution is -1.98. The van der Waals surface area contributed by atoms with Crippen molar-refractivity contribution in [1.82, 2.24) is 4.57 Å². The lowest BCUT2D eigenvalue weighted by molar-refractivity contribution is 0.745. The van der Waals surface area contributed by atoms with Crippen LogP contribution in [0.3, 0.4) is 0 Å². The average Bonchev–Trinajstić information content (AvgIpc) is 2.55. The van der Waals surface area contributed by atoms with Crippen LogP contribution >= 0.6 is 11.6 Å². The number of aryl methyl sites for hydroxylation is 2. The van der Waals surface area contributed by atoms with Gasteiger partial charge in [-0.2, -0.15) is 0 Å². The lowest BCUT2D eigenvalue weighted by atomic mass is 10.1. The van der Waals surface area contributed by atoms with E-state index in [1.54, 1.807) is 0 Å². The molecule has 0 atom stereocenters. The molecular formula is C13H17ClN2. The highest BCUT2D eigenvalue weighted by molar-refractivity contribution is 6.35. The highest BCUT2D eigenvalue weighted by atomic mass is 35.5. The molecular weight excluding hydrogens is 220 g/mol. The summed E-state index contributed by atoms with van der Waals surface area (Å²) in [5.41, 5.74) is 8.02. The summed E-state index contributed by atoms with van der Waals surface area (Å²) in [5.74, 6) is 0. The average molecular weight is 237 g/mol. The Balaban J connectivity index is 2.25. The number of nitrogens with zero attached hydrogens (tertiary/aromatic N) is 1. The first-order valence-corrected chi connectivity index (χ1v) is 6.03. The third kappa shape index (κ3) is 2.23. The molecule has 16 heavy (non-hydrogen) atoms. The molecule has 86 valence electrons. The fraction of sp³-hybridized carbons (Fsp3) is 0.385. The van der Waals surface area contributed by atoms with Crippen molar-refractivity contribution in [3.8, 4) is 0 Å². The molecule has 0 saturated carbocycles. The summed E-state index contributed by atoms with van der Waals surface area (Å²) in [7, 11) is 2.02. The first-order valence-electron chi connectivity index (χ1n) is 5.66. The van der Waals surface area contributed by atoms with Crippen molar-refractivity contribution in [1.29, 1.82) is 0 Å². The van der Waals surface area contributed by atoms with Crippen molar-refractivity contribution in [2.75, 3.05) is 6.54 Å². The van der Waals surface area contributed by atoms with Crippen molar-refractivity contribution in [3.63, 3.8) is 0 Å². The fourth-order valence-electron chi connectivity index (χ4n) is 2.02. The van der Waals surface area contributed by atoms with Gasteiger partial charge in [-0.05, 0) is 43.5 Å². The molecule has 0 spiro atoms. The maximum atomic E-state index is 6.17. The summed E-state index contributed by atoms with van der Waals surface area (Å²) < 4.78 is 2.06. The number of unbranched alkanes of at least 4 members (excludes halogenated alkanes) is 1. The predicted molar refractivity (Wildman–Crippen MR) is 69.9 cm³/mol. The number of halogens is 1. The van der Waals surface area contributed by atoms with Crippen LogP contribution in [0.25, 0.3) is 10.9 Å². The Labute approximate surface area is 101 Å². The van der Waals surface area contributed by atoms with Gasteiger partial charge in [0.2, 0.25) is 0 Å². The van der Waals surface area contributed by atoms with Gasteiger partial charge in [0.15, 0.2) is 0 Å². The standard InChI is InChI=1S/C13H17ClN2/c1-16-9-12(14)11-8-10(4-2-3-7-15)5-6-13(11)16/h5-6,8-9H,2-4,7,15H2,1H3. The van der Waals surface area contributed by atoms with Crippen molar-refractivity contribution in [2.24, 2.45) is 12.8 Å². The molecule has 0 unspecified atom stereocenters. The van der Waals surface area contributed by atoms with Crippen LogP contribution in [0.4, 0.5) is 0 Å². The van der Waals surface area contributed by atoms with Crippen molar-refractivity contribution >= 4 is 22.5 Å². The van der Waals surface area contributed by atoms with Gasteiger partial charge in [-0.15, -0.1) is 0 Å². The van der Waals surface area contributed by atoms with Crippen LogP contribution in [0.1, 0.15) is 18.4 Å². The minimum Gasteiger partial charge on any atom is -0.349 e. The second-order valence-corrected chi connectivity index (χ2v) is 4.59. The normalized spacial score (nSPS) is 11.2. The van der Waals surface area contributed by atoms with E-state index >= 15 is 0 Å². The minimum atomic E-state index is 0.772. The zero-order valence-corrected chi connectivity index (χ0v) is 10.3. The van der Waals surface area contributed by atoms with E-state index in [0.717, 1.165) is 36.2 Å². The van der Waals surface area contributed by atoms with E-state index in [9.17, 15) is 0 Å². The van der Waals surface area contributed by atoms with E-state index in [-0.39, 0.29) is 0 Å². The maximum Gasteiger partial charge on any atom is 0.0661 e. The van der Waals surface area contributed by atoms with Crippen LogP contribution in [0.15, 0.2) is 24.4 Å². The second-order valence-electron chi connectivity index (χ2n) is 4.19. The van der Waals surface area contributed by atoms with Gasteiger partial charge in [-0.25, -0.2) is 0 Å². The van der Waals surface area contributed by atoms with Gasteiger partial charge in [0.05, 0.1) is 5.02 Å². The molecule has 2 nitrogen and oxygen atoms in total. The first kappa shape index (κ1) is 11.5. The predicted octanol–water partition coefficient (Wildman–Crippen LogP) is 3.11. The van der Waals surface area contributed by atoms with E-state index < -0.39 is 0 Å². The molecule has 2 aromatic rings. The molecule has 1 heterocycles. The van der Waals surface area contributed by atoms with Crippen molar-refractivity contribution < 1.29 is 0 Å². The van der Waals surface area contributed by atoms with Crippen LogP contribution in [0, 0.1) is 0 Å². The molecule has 0 saturated heterocycles. The van der Waals surface area contributed by atoms with Crippen LogP contribution in [0.2, 0.25) is 5.02 Å². The number of aromatic nitrogens is 1. The van der Waals surface area contributed by atoms with E-state index in [0.29, 0.717) is 0 Å². The minimum absolute atomic E-state index is 0.772. The van der Waals surface area contributed by atoms with Crippen LogP contribution in [-0.4, -0.2) is 11.1 Å². The SMILES string of the molecule is Cn1cc(Cl)c2cc(CCCCN)ccc21. The molecule has 0 amide bonds. The van der Waals surface area contributed by atoms with Crippen LogP contribution in [0.5, 0.6) is 0 Å². The highest BCUT2D eigenvalue weighted by Gasteiger charge is 2.05. The Bertz CT molecular complexity index is 488. The highest BCUT2D eigenvalue weighted by Crippen LogP contribution is 2.26. The van der Waals surface area contributed by atoms with E-state index in [1.807, 2.05) is 13.2 Å². The Hall–Kier alpha value is -0.990. The van der Waals surface area contributed by atoms with Gasteiger partial charge in [0.1, 0.15) is 0 Å². The summed E-state index contributed by atoms with van der Waals surface area (Å²) in [6.07, 6.45) is 5.27. The fourth-order valence-corrected chi connectivity index (χ4v) is 2.32. The maximum absolute atomic E-state index is 6.17. The zero-order chi connectivity index (χ0) is 11.5. The smallest absolute Gasteiger partial charge is 0.0661 e. The molecule has 0 aliphatic heterocycles. The van der Waals surface area contributed by atoms with Gasteiger partial charge >= 0.3 is 0 Å². The van der Waals surface area contributed by atoms with Crippen molar-refractivity contribution in [3.05, 3.63) is 35.0 Å². The van der Waals surface area contributed by atoms with Gasteiger partial charge in [-0.1, -0.05) is 17.7 Å². The zero-order valence-electron chi connectivity index (χ0n) is 9.54. The third-order valence-corrected chi connectivity index (χ3v) is 3.23. The van der Waals surface area contributed by atoms with Gasteiger partial charge in [0, 0.05) is 24.1 Å². The molecule has 1 aromatic heterocycles. The van der Waals surface area contributed by atoms with E-state index in [2.05, 4.69) is 22.8 Å². The summed E-state index contributed by atoms with van der Waals surface area (Å²) in [4.78, 5) is 0. The molecule has 0 aliphatic rings. The first-order chi connectivity index (χ1) is 7.72. The van der Waals surface area contributed by atoms with Crippen molar-refractivity contribution in [2.45, 2.75) is 19.3 Å². The quantitative estimate of drug-likeness (QED) is 0.813. The Morgan fingerprint density at radius 1 is 1.31 bits per heavy atom. The van der Waals surface area contributed by atoms with Crippen LogP contribution < -0.4 is 5.73 Å². The number of benzene rings is 1. The summed E-state index contributed by atoms with van der Waals surface area (Å²) >= 11 is 6.17. The largest absolute Gasteiger partial charge is 0.349 e. The van der Waals surface area contributed by atoms with Gasteiger partial charge in [-0.3, -0.25) is 0 Å². The summed E-state index contributed by atoms with van der Waals surface area (Å²) in [6.45, 7) is 0.772. The molecule has 0 fully saturated rings. The monoisotopic (exact) mass is 236 g/mol. The number of rotatable bonds is 4. The Morgan fingerprint density at radius 3 is 2.88 bits per heavy atom. The summed E-state index contributed by atoms with van der Waals surface area (Å²) in [6, 6.07) is 6.50. The molecule has 2 N–H and O–H groups in total. The number of hydrogen-bond acceptors (Lipinski definition) is 1. The lowest BCUT2D eigenvalue weighted by Gasteiger charge is -2.02. The molecule has 2 rings (SSSR count). The van der Waals surface area contributed by atoms with E-state index in [4.69, 9.17) is 17.3 Å². The van der Waals surface area contributed by atoms with Crippen LogP contribution in [-0.2, 0) is 13.5 Å². The number of nitrogens with two attached hydrogens (primary N) is 1. The number of fused-ring (bicyclic) bond motifs is 1. The third-order valence-electron chi connectivity index (χ3n) is 2.92. The molecule has 1 aromatic carbocycles. The Kier molecular flexibility index (Phi) is 3.52.